The van der Waals surface area contributed by atoms with Crippen molar-refractivity contribution in [1.82, 2.24) is 24.6 Å². The molecule has 4 rings (SSSR count). The number of anilines is 1. The number of piperidine rings is 1. The second-order valence-electron chi connectivity index (χ2n) is 7.20. The highest BCUT2D eigenvalue weighted by atomic mass is 16.2. The average molecular weight is 340 g/mol. The van der Waals surface area contributed by atoms with E-state index in [-0.39, 0.29) is 6.03 Å². The fraction of sp³-hybridized carbons (Fsp3) is 0.556. The Bertz CT molecular complexity index is 712. The third-order valence-corrected chi connectivity index (χ3v) is 5.62. The van der Waals surface area contributed by atoms with Gasteiger partial charge in [-0.15, -0.1) is 0 Å². The van der Waals surface area contributed by atoms with E-state index in [0.717, 1.165) is 25.9 Å². The van der Waals surface area contributed by atoms with Crippen LogP contribution in [0, 0.1) is 5.41 Å². The number of nitrogens with zero attached hydrogens (tertiary/aromatic N) is 5. The largest absolute Gasteiger partial charge is 0.324 e. The van der Waals surface area contributed by atoms with E-state index < -0.39 is 0 Å². The number of aromatic nitrogens is 4. The molecule has 2 fully saturated rings. The first-order valence-corrected chi connectivity index (χ1v) is 9.12. The Morgan fingerprint density at radius 2 is 1.76 bits per heavy atom. The van der Waals surface area contributed by atoms with Gasteiger partial charge in [0.05, 0.1) is 18.1 Å². The smallest absolute Gasteiger partial charge is 0.321 e. The highest BCUT2D eigenvalue weighted by Gasteiger charge is 2.36. The Kier molecular flexibility index (Phi) is 4.38. The fourth-order valence-corrected chi connectivity index (χ4v) is 4.09. The molecule has 1 aliphatic carbocycles. The molecule has 0 aromatic carbocycles. The lowest BCUT2D eigenvalue weighted by molar-refractivity contribution is 0.0849. The highest BCUT2D eigenvalue weighted by molar-refractivity contribution is 5.89. The second kappa shape index (κ2) is 6.82. The monoisotopic (exact) mass is 340 g/mol. The van der Waals surface area contributed by atoms with E-state index in [1.165, 1.54) is 32.1 Å². The second-order valence-corrected chi connectivity index (χ2v) is 7.20. The minimum absolute atomic E-state index is 0.0424. The molecule has 25 heavy (non-hydrogen) atoms. The summed E-state index contributed by atoms with van der Waals surface area (Å²) in [6.07, 6.45) is 15.7. The van der Waals surface area contributed by atoms with Gasteiger partial charge in [-0.3, -0.25) is 0 Å². The Morgan fingerprint density at radius 3 is 2.48 bits per heavy atom. The predicted molar refractivity (Wildman–Crippen MR) is 94.5 cm³/mol. The van der Waals surface area contributed by atoms with Crippen LogP contribution in [0.1, 0.15) is 44.9 Å². The van der Waals surface area contributed by atoms with Gasteiger partial charge in [-0.2, -0.15) is 5.10 Å². The fourth-order valence-electron chi connectivity index (χ4n) is 4.09. The van der Waals surface area contributed by atoms with Crippen LogP contribution in [0.25, 0.3) is 5.95 Å². The standard InChI is InChI=1S/C18H24N6O/c25-17(23-11-7-18(8-12-23)5-2-1-3-6-18)22-15-13-21-24(14-15)16-19-9-4-10-20-16/h4,9-10,13-14H,1-3,5-8,11-12H2,(H,22,25). The molecule has 7 nitrogen and oxygen atoms in total. The number of carbonyl (C=O) groups is 1. The van der Waals surface area contributed by atoms with Gasteiger partial charge in [-0.25, -0.2) is 19.4 Å². The van der Waals surface area contributed by atoms with Crippen molar-refractivity contribution in [2.24, 2.45) is 5.41 Å². The number of nitrogens with one attached hydrogen (secondary N) is 1. The highest BCUT2D eigenvalue weighted by Crippen LogP contribution is 2.44. The molecule has 2 aromatic heterocycles. The van der Waals surface area contributed by atoms with Crippen LogP contribution >= 0.6 is 0 Å². The number of amides is 2. The van der Waals surface area contributed by atoms with Crippen LogP contribution in [0.2, 0.25) is 0 Å². The molecule has 7 heteroatoms. The molecule has 1 N–H and O–H groups in total. The summed E-state index contributed by atoms with van der Waals surface area (Å²) in [5.41, 5.74) is 1.17. The molecule has 0 radical (unpaired) electrons. The van der Waals surface area contributed by atoms with Crippen molar-refractivity contribution in [2.75, 3.05) is 18.4 Å². The lowest BCUT2D eigenvalue weighted by Crippen LogP contribution is -2.45. The third-order valence-electron chi connectivity index (χ3n) is 5.62. The molecule has 2 amide bonds. The minimum atomic E-state index is -0.0424. The van der Waals surface area contributed by atoms with Gasteiger partial charge in [-0.1, -0.05) is 19.3 Å². The quantitative estimate of drug-likeness (QED) is 0.910. The molecule has 0 unspecified atom stereocenters. The molecule has 2 aliphatic rings. The lowest BCUT2D eigenvalue weighted by atomic mass is 9.68. The maximum Gasteiger partial charge on any atom is 0.321 e. The van der Waals surface area contributed by atoms with Gasteiger partial charge >= 0.3 is 6.03 Å². The third kappa shape index (κ3) is 3.50. The number of hydrogen-bond acceptors (Lipinski definition) is 4. The molecular formula is C18H24N6O. The van der Waals surface area contributed by atoms with Gasteiger partial charge in [0.15, 0.2) is 0 Å². The van der Waals surface area contributed by atoms with Gasteiger partial charge in [0, 0.05) is 25.5 Å². The molecular weight excluding hydrogens is 316 g/mol. The van der Waals surface area contributed by atoms with Gasteiger partial charge in [0.2, 0.25) is 5.95 Å². The summed E-state index contributed by atoms with van der Waals surface area (Å²) < 4.78 is 1.56. The van der Waals surface area contributed by atoms with Crippen LogP contribution < -0.4 is 5.32 Å². The van der Waals surface area contributed by atoms with Crippen molar-refractivity contribution < 1.29 is 4.79 Å². The zero-order valence-corrected chi connectivity index (χ0v) is 14.4. The van der Waals surface area contributed by atoms with Crippen molar-refractivity contribution in [2.45, 2.75) is 44.9 Å². The summed E-state index contributed by atoms with van der Waals surface area (Å²) in [4.78, 5) is 22.7. The van der Waals surface area contributed by atoms with Crippen LogP contribution in [0.4, 0.5) is 10.5 Å². The Morgan fingerprint density at radius 1 is 1.04 bits per heavy atom. The summed E-state index contributed by atoms with van der Waals surface area (Å²) >= 11 is 0. The molecule has 0 atom stereocenters. The topological polar surface area (TPSA) is 75.9 Å². The summed E-state index contributed by atoms with van der Waals surface area (Å²) in [7, 11) is 0. The number of likely N-dealkylation sites (tertiary alicyclic amines) is 1. The van der Waals surface area contributed by atoms with E-state index >= 15 is 0 Å². The first-order valence-electron chi connectivity index (χ1n) is 9.12. The molecule has 1 saturated heterocycles. The number of urea groups is 1. The number of carbonyl (C=O) groups excluding carboxylic acids is 1. The molecule has 2 aromatic rings. The lowest BCUT2D eigenvalue weighted by Gasteiger charge is -2.44. The van der Waals surface area contributed by atoms with Crippen LogP contribution in [0.5, 0.6) is 0 Å². The van der Waals surface area contributed by atoms with E-state index in [9.17, 15) is 4.79 Å². The predicted octanol–water partition coefficient (Wildman–Crippen LogP) is 3.24. The molecule has 0 bridgehead atoms. The Labute approximate surface area is 147 Å². The minimum Gasteiger partial charge on any atom is -0.324 e. The van der Waals surface area contributed by atoms with Crippen LogP contribution in [0.3, 0.4) is 0 Å². The van der Waals surface area contributed by atoms with Gasteiger partial charge < -0.3 is 10.2 Å². The van der Waals surface area contributed by atoms with Crippen molar-refractivity contribution in [3.05, 3.63) is 30.9 Å². The van der Waals surface area contributed by atoms with Crippen LogP contribution in [-0.2, 0) is 0 Å². The van der Waals surface area contributed by atoms with E-state index in [2.05, 4.69) is 20.4 Å². The molecule has 3 heterocycles. The van der Waals surface area contributed by atoms with Crippen LogP contribution in [-0.4, -0.2) is 43.8 Å². The zero-order valence-electron chi connectivity index (χ0n) is 14.4. The summed E-state index contributed by atoms with van der Waals surface area (Å²) in [6, 6.07) is 1.71. The van der Waals surface area contributed by atoms with Gasteiger partial charge in [-0.05, 0) is 37.2 Å². The van der Waals surface area contributed by atoms with Gasteiger partial charge in [0.25, 0.3) is 0 Å². The van der Waals surface area contributed by atoms with Crippen molar-refractivity contribution in [1.29, 1.82) is 0 Å². The van der Waals surface area contributed by atoms with E-state index in [1.807, 2.05) is 4.90 Å². The summed E-state index contributed by atoms with van der Waals surface area (Å²) in [5.74, 6) is 0.486. The molecule has 1 spiro atoms. The zero-order chi connectivity index (χ0) is 17.1. The van der Waals surface area contributed by atoms with E-state index in [1.54, 1.807) is 35.5 Å². The van der Waals surface area contributed by atoms with E-state index in [0.29, 0.717) is 17.1 Å². The van der Waals surface area contributed by atoms with Gasteiger partial charge in [0.1, 0.15) is 0 Å². The SMILES string of the molecule is O=C(Nc1cnn(-c2ncccn2)c1)N1CCC2(CCCCC2)CC1. The average Bonchev–Trinajstić information content (AvgIpc) is 3.12. The molecule has 1 aliphatic heterocycles. The summed E-state index contributed by atoms with van der Waals surface area (Å²) in [6.45, 7) is 1.70. The Balaban J connectivity index is 1.34. The normalized spacial score (nSPS) is 19.8. The first kappa shape index (κ1) is 16.1. The maximum atomic E-state index is 12.5. The first-order chi connectivity index (χ1) is 12.2. The maximum absolute atomic E-state index is 12.5. The van der Waals surface area contributed by atoms with E-state index in [4.69, 9.17) is 0 Å². The van der Waals surface area contributed by atoms with Crippen molar-refractivity contribution >= 4 is 11.7 Å². The molecule has 1 saturated carbocycles. The number of hydrogen-bond donors (Lipinski definition) is 1. The van der Waals surface area contributed by atoms with Crippen LogP contribution in [0.15, 0.2) is 30.9 Å². The van der Waals surface area contributed by atoms with Crippen molar-refractivity contribution in [3.63, 3.8) is 0 Å². The number of rotatable bonds is 2. The summed E-state index contributed by atoms with van der Waals surface area (Å²) in [5, 5.41) is 7.15. The molecule has 132 valence electrons. The Hall–Kier alpha value is -2.44. The van der Waals surface area contributed by atoms with Crippen molar-refractivity contribution in [3.8, 4) is 5.95 Å².